The molecule has 1 aliphatic rings. The topological polar surface area (TPSA) is 102 Å². The number of carbonyl (C=O) groups excluding carboxylic acids is 2. The number of amides is 1. The molecule has 0 unspecified atom stereocenters. The van der Waals surface area contributed by atoms with Gasteiger partial charge in [-0.05, 0) is 12.1 Å². The molecule has 122 valence electrons. The smallest absolute Gasteiger partial charge is 0.340 e. The number of ether oxygens (including phenoxy) is 2. The summed E-state index contributed by atoms with van der Waals surface area (Å²) in [7, 11) is -1.17. The summed E-state index contributed by atoms with van der Waals surface area (Å²) in [5.41, 5.74) is -1.25. The summed E-state index contributed by atoms with van der Waals surface area (Å²) in [5, 5.41) is 2.97. The lowest BCUT2D eigenvalue weighted by Gasteiger charge is -2.44. The first-order chi connectivity index (χ1) is 10.2. The SMILES string of the molecule is COC(=O)C1(OC)CN(S(=O)(=O)c2ccc(NC(C)=O)s2)C1. The molecule has 0 saturated carbocycles. The van der Waals surface area contributed by atoms with Crippen molar-refractivity contribution in [3.05, 3.63) is 12.1 Å². The molecule has 1 aromatic rings. The summed E-state index contributed by atoms with van der Waals surface area (Å²) in [6.07, 6.45) is 0. The summed E-state index contributed by atoms with van der Waals surface area (Å²) in [5.74, 6) is -0.884. The maximum atomic E-state index is 12.4. The van der Waals surface area contributed by atoms with E-state index in [0.29, 0.717) is 5.00 Å². The Morgan fingerprint density at radius 1 is 1.32 bits per heavy atom. The third kappa shape index (κ3) is 2.86. The van der Waals surface area contributed by atoms with Crippen LogP contribution in [0.3, 0.4) is 0 Å². The molecule has 1 amide bonds. The fraction of sp³-hybridized carbons (Fsp3) is 0.500. The van der Waals surface area contributed by atoms with Gasteiger partial charge in [0, 0.05) is 14.0 Å². The molecule has 2 rings (SSSR count). The average Bonchev–Trinajstić information content (AvgIpc) is 2.85. The molecule has 2 heterocycles. The van der Waals surface area contributed by atoms with E-state index in [9.17, 15) is 18.0 Å². The van der Waals surface area contributed by atoms with E-state index in [0.717, 1.165) is 15.6 Å². The average molecular weight is 348 g/mol. The first kappa shape index (κ1) is 16.9. The molecule has 10 heteroatoms. The zero-order chi connectivity index (χ0) is 16.5. The Labute approximate surface area is 132 Å². The van der Waals surface area contributed by atoms with Crippen molar-refractivity contribution in [2.75, 3.05) is 32.6 Å². The van der Waals surface area contributed by atoms with Crippen molar-refractivity contribution in [3.63, 3.8) is 0 Å². The van der Waals surface area contributed by atoms with Gasteiger partial charge < -0.3 is 14.8 Å². The van der Waals surface area contributed by atoms with Gasteiger partial charge >= 0.3 is 5.97 Å². The van der Waals surface area contributed by atoms with Crippen LogP contribution in [0.1, 0.15) is 6.92 Å². The van der Waals surface area contributed by atoms with E-state index in [2.05, 4.69) is 10.1 Å². The van der Waals surface area contributed by atoms with Crippen LogP contribution in [0.2, 0.25) is 0 Å². The fourth-order valence-electron chi connectivity index (χ4n) is 2.05. The van der Waals surface area contributed by atoms with Crippen LogP contribution in [-0.2, 0) is 29.1 Å². The van der Waals surface area contributed by atoms with E-state index in [1.54, 1.807) is 0 Å². The van der Waals surface area contributed by atoms with E-state index in [1.165, 1.54) is 33.3 Å². The van der Waals surface area contributed by atoms with Gasteiger partial charge in [-0.1, -0.05) is 0 Å². The number of carbonyl (C=O) groups is 2. The number of hydrogen-bond acceptors (Lipinski definition) is 7. The fourth-order valence-corrected chi connectivity index (χ4v) is 4.99. The Bertz CT molecular complexity index is 690. The molecule has 8 nitrogen and oxygen atoms in total. The number of hydrogen-bond donors (Lipinski definition) is 1. The Kier molecular flexibility index (Phi) is 4.57. The van der Waals surface area contributed by atoms with Crippen LogP contribution in [-0.4, -0.2) is 57.5 Å². The van der Waals surface area contributed by atoms with Crippen LogP contribution < -0.4 is 5.32 Å². The zero-order valence-electron chi connectivity index (χ0n) is 12.3. The molecular weight excluding hydrogens is 332 g/mol. The molecule has 1 N–H and O–H groups in total. The number of anilines is 1. The van der Waals surface area contributed by atoms with Crippen LogP contribution >= 0.6 is 11.3 Å². The molecule has 0 aromatic carbocycles. The van der Waals surface area contributed by atoms with E-state index >= 15 is 0 Å². The molecule has 1 saturated heterocycles. The van der Waals surface area contributed by atoms with Crippen molar-refractivity contribution in [3.8, 4) is 0 Å². The maximum Gasteiger partial charge on any atom is 0.340 e. The van der Waals surface area contributed by atoms with Gasteiger partial charge in [0.15, 0.2) is 5.60 Å². The van der Waals surface area contributed by atoms with Gasteiger partial charge in [-0.2, -0.15) is 4.31 Å². The number of methoxy groups -OCH3 is 2. The highest BCUT2D eigenvalue weighted by atomic mass is 32.2. The summed E-state index contributed by atoms with van der Waals surface area (Å²) >= 11 is 0.949. The highest BCUT2D eigenvalue weighted by Crippen LogP contribution is 2.35. The molecule has 22 heavy (non-hydrogen) atoms. The van der Waals surface area contributed by atoms with Crippen molar-refractivity contribution in [2.24, 2.45) is 0 Å². The minimum absolute atomic E-state index is 0.0887. The van der Waals surface area contributed by atoms with Crippen molar-refractivity contribution in [1.29, 1.82) is 0 Å². The van der Waals surface area contributed by atoms with Gasteiger partial charge in [-0.25, -0.2) is 13.2 Å². The van der Waals surface area contributed by atoms with E-state index in [-0.39, 0.29) is 23.2 Å². The van der Waals surface area contributed by atoms with Crippen LogP contribution in [0.15, 0.2) is 16.3 Å². The predicted octanol–water partition coefficient (Wildman–Crippen LogP) is 0.269. The minimum Gasteiger partial charge on any atom is -0.467 e. The van der Waals surface area contributed by atoms with Crippen LogP contribution in [0.25, 0.3) is 0 Å². The normalized spacial score (nSPS) is 17.6. The number of nitrogens with zero attached hydrogens (tertiary/aromatic N) is 1. The van der Waals surface area contributed by atoms with Crippen molar-refractivity contribution in [2.45, 2.75) is 16.7 Å². The maximum absolute atomic E-state index is 12.4. The van der Waals surface area contributed by atoms with Crippen molar-refractivity contribution >= 4 is 38.2 Å². The zero-order valence-corrected chi connectivity index (χ0v) is 13.9. The summed E-state index contributed by atoms with van der Waals surface area (Å²) in [4.78, 5) is 22.6. The molecule has 0 atom stereocenters. The molecule has 0 bridgehead atoms. The van der Waals surface area contributed by atoms with E-state index < -0.39 is 21.6 Å². The second-order valence-corrected chi connectivity index (χ2v) is 8.01. The van der Waals surface area contributed by atoms with Crippen LogP contribution in [0.5, 0.6) is 0 Å². The molecule has 1 aromatic heterocycles. The van der Waals surface area contributed by atoms with Gasteiger partial charge in [-0.15, -0.1) is 11.3 Å². The van der Waals surface area contributed by atoms with Gasteiger partial charge in [0.1, 0.15) is 4.21 Å². The monoisotopic (exact) mass is 348 g/mol. The number of thiophene rings is 1. The summed E-state index contributed by atoms with van der Waals surface area (Å²) < 4.78 is 35.9. The minimum atomic E-state index is -3.73. The van der Waals surface area contributed by atoms with Crippen LogP contribution in [0, 0.1) is 0 Å². The first-order valence-electron chi connectivity index (χ1n) is 6.26. The molecule has 0 aliphatic carbocycles. The second kappa shape index (κ2) is 5.95. The summed E-state index contributed by atoms with van der Waals surface area (Å²) in [6, 6.07) is 2.93. The van der Waals surface area contributed by atoms with E-state index in [1.807, 2.05) is 0 Å². The molecular formula is C12H16N2O6S2. The van der Waals surface area contributed by atoms with Gasteiger partial charge in [-0.3, -0.25) is 4.79 Å². The number of esters is 1. The predicted molar refractivity (Wildman–Crippen MR) is 79.1 cm³/mol. The number of nitrogens with one attached hydrogen (secondary N) is 1. The Balaban J connectivity index is 2.15. The largest absolute Gasteiger partial charge is 0.467 e. The number of sulfonamides is 1. The first-order valence-corrected chi connectivity index (χ1v) is 8.52. The highest BCUT2D eigenvalue weighted by Gasteiger charge is 2.55. The highest BCUT2D eigenvalue weighted by molar-refractivity contribution is 7.91. The lowest BCUT2D eigenvalue weighted by atomic mass is 9.97. The van der Waals surface area contributed by atoms with E-state index in [4.69, 9.17) is 4.74 Å². The third-order valence-electron chi connectivity index (χ3n) is 3.29. The quantitative estimate of drug-likeness (QED) is 0.766. The Morgan fingerprint density at radius 2 is 1.95 bits per heavy atom. The standard InChI is InChI=1S/C12H16N2O6S2/c1-8(15)13-9-4-5-10(21-9)22(17,18)14-6-12(7-14,20-3)11(16)19-2/h4-5H,6-7H2,1-3H3,(H,13,15). The van der Waals surface area contributed by atoms with Gasteiger partial charge in [0.05, 0.1) is 25.2 Å². The third-order valence-corrected chi connectivity index (χ3v) is 6.55. The second-order valence-electron chi connectivity index (χ2n) is 4.76. The lowest BCUT2D eigenvalue weighted by molar-refractivity contribution is -0.180. The van der Waals surface area contributed by atoms with Gasteiger partial charge in [0.25, 0.3) is 10.0 Å². The Morgan fingerprint density at radius 3 is 2.45 bits per heavy atom. The van der Waals surface area contributed by atoms with Crippen LogP contribution in [0.4, 0.5) is 5.00 Å². The van der Waals surface area contributed by atoms with Crippen molar-refractivity contribution in [1.82, 2.24) is 4.31 Å². The van der Waals surface area contributed by atoms with Gasteiger partial charge in [0.2, 0.25) is 5.91 Å². The molecule has 1 aliphatic heterocycles. The molecule has 1 fully saturated rings. The Hall–Kier alpha value is -1.49. The van der Waals surface area contributed by atoms with Crippen molar-refractivity contribution < 1.29 is 27.5 Å². The number of rotatable bonds is 5. The summed E-state index contributed by atoms with van der Waals surface area (Å²) in [6.45, 7) is 1.13. The molecule has 0 radical (unpaired) electrons. The lowest BCUT2D eigenvalue weighted by Crippen LogP contribution is -2.68. The molecule has 0 spiro atoms.